The largest absolute Gasteiger partial charge is 0.342 e. The molecule has 4 aliphatic rings. The Morgan fingerprint density at radius 2 is 1.82 bits per heavy atom. The first-order chi connectivity index (χ1) is 19.4. The van der Waals surface area contributed by atoms with E-state index < -0.39 is 0 Å². The van der Waals surface area contributed by atoms with E-state index in [0.29, 0.717) is 35.6 Å². The second-order valence-corrected chi connectivity index (χ2v) is 13.8. The van der Waals surface area contributed by atoms with Gasteiger partial charge in [0.2, 0.25) is 5.91 Å². The molecule has 1 aromatic carbocycles. The number of hydrogen-bond donors (Lipinski definition) is 0. The van der Waals surface area contributed by atoms with Gasteiger partial charge in [0.15, 0.2) is 0 Å². The molecule has 40 heavy (non-hydrogen) atoms. The molecule has 2 aliphatic heterocycles. The fourth-order valence-corrected chi connectivity index (χ4v) is 8.50. The zero-order chi connectivity index (χ0) is 28.1. The zero-order valence-corrected chi connectivity index (χ0v) is 25.8. The van der Waals surface area contributed by atoms with Crippen LogP contribution < -0.4 is 0 Å². The number of carbonyl (C=O) groups excluding carboxylic acids is 1. The van der Waals surface area contributed by atoms with Crippen LogP contribution in [0.2, 0.25) is 0 Å². The van der Waals surface area contributed by atoms with E-state index in [0.717, 1.165) is 63.6 Å². The Balaban J connectivity index is 1.26. The van der Waals surface area contributed by atoms with Crippen molar-refractivity contribution >= 4 is 23.2 Å². The Labute approximate surface area is 246 Å². The summed E-state index contributed by atoms with van der Waals surface area (Å²) in [7, 11) is 0. The van der Waals surface area contributed by atoms with E-state index in [9.17, 15) is 9.18 Å². The van der Waals surface area contributed by atoms with Crippen LogP contribution in [-0.2, 0) is 4.79 Å². The van der Waals surface area contributed by atoms with Crippen molar-refractivity contribution in [2.75, 3.05) is 13.1 Å². The summed E-state index contributed by atoms with van der Waals surface area (Å²) < 4.78 is 14.1. The smallest absolute Gasteiger partial charge is 0.222 e. The molecular formula is C36H48FNOS. The predicted octanol–water partition coefficient (Wildman–Crippen LogP) is 10.2. The lowest BCUT2D eigenvalue weighted by atomic mass is 9.70. The molecule has 0 radical (unpaired) electrons. The lowest BCUT2D eigenvalue weighted by Gasteiger charge is -2.35. The topological polar surface area (TPSA) is 20.3 Å². The third kappa shape index (κ3) is 7.04. The summed E-state index contributed by atoms with van der Waals surface area (Å²) >= 11 is 1.94. The van der Waals surface area contributed by atoms with Crippen molar-refractivity contribution < 1.29 is 9.18 Å². The molecule has 1 fully saturated rings. The maximum Gasteiger partial charge on any atom is 0.222 e. The second kappa shape index (κ2) is 13.7. The molecule has 2 atom stereocenters. The monoisotopic (exact) mass is 561 g/mol. The van der Waals surface area contributed by atoms with E-state index in [4.69, 9.17) is 0 Å². The third-order valence-electron chi connectivity index (χ3n) is 9.72. The van der Waals surface area contributed by atoms with Crippen molar-refractivity contribution in [3.63, 3.8) is 0 Å². The highest BCUT2D eigenvalue weighted by Gasteiger charge is 2.30. The summed E-state index contributed by atoms with van der Waals surface area (Å²) in [5, 5.41) is 0. The number of rotatable bonds is 7. The second-order valence-electron chi connectivity index (χ2n) is 12.5. The summed E-state index contributed by atoms with van der Waals surface area (Å²) in [5.74, 6) is 1.65. The Hall–Kier alpha value is -2.07. The number of nitrogens with zero attached hydrogens (tertiary/aromatic N) is 1. The van der Waals surface area contributed by atoms with Gasteiger partial charge in [0.1, 0.15) is 5.82 Å². The van der Waals surface area contributed by atoms with Gasteiger partial charge < -0.3 is 4.90 Å². The van der Waals surface area contributed by atoms with E-state index in [1.54, 1.807) is 17.2 Å². The molecule has 2 unspecified atom stereocenters. The van der Waals surface area contributed by atoms with E-state index >= 15 is 0 Å². The summed E-state index contributed by atoms with van der Waals surface area (Å²) in [4.78, 5) is 18.5. The summed E-state index contributed by atoms with van der Waals surface area (Å²) in [6.07, 6.45) is 22.1. The number of benzene rings is 1. The number of hydrogen-bond acceptors (Lipinski definition) is 2. The maximum atomic E-state index is 14.1. The minimum Gasteiger partial charge on any atom is -0.342 e. The lowest BCUT2D eigenvalue weighted by molar-refractivity contribution is -0.131. The molecule has 0 N–H and O–H groups in total. The molecule has 0 aromatic heterocycles. The normalized spacial score (nSPS) is 24.5. The highest BCUT2D eigenvalue weighted by atomic mass is 32.2. The molecule has 0 saturated heterocycles. The van der Waals surface area contributed by atoms with Crippen molar-refractivity contribution in [1.82, 2.24) is 4.90 Å². The van der Waals surface area contributed by atoms with Crippen molar-refractivity contribution in [3.8, 4) is 0 Å². The van der Waals surface area contributed by atoms with E-state index in [-0.39, 0.29) is 5.82 Å². The Morgan fingerprint density at radius 3 is 2.60 bits per heavy atom. The van der Waals surface area contributed by atoms with Crippen LogP contribution in [0.5, 0.6) is 0 Å². The van der Waals surface area contributed by atoms with Crippen LogP contribution in [0.3, 0.4) is 0 Å². The summed E-state index contributed by atoms with van der Waals surface area (Å²) in [6.45, 7) is 8.09. The molecule has 5 rings (SSSR count). The van der Waals surface area contributed by atoms with Gasteiger partial charge in [-0.05, 0) is 122 Å². The lowest BCUT2D eigenvalue weighted by Crippen LogP contribution is -2.32. The van der Waals surface area contributed by atoms with Crippen LogP contribution in [0.4, 0.5) is 4.39 Å². The number of thioether (sulfide) groups is 1. The Kier molecular flexibility index (Phi) is 10.1. The molecule has 1 amide bonds. The highest BCUT2D eigenvalue weighted by molar-refractivity contribution is 8.06. The Morgan fingerprint density at radius 1 is 1.02 bits per heavy atom. The van der Waals surface area contributed by atoms with Gasteiger partial charge in [-0.3, -0.25) is 4.79 Å². The predicted molar refractivity (Wildman–Crippen MR) is 168 cm³/mol. The minimum absolute atomic E-state index is 0.132. The number of amides is 1. The van der Waals surface area contributed by atoms with Crippen LogP contribution in [-0.4, -0.2) is 23.9 Å². The number of allylic oxidation sites excluding steroid dienone is 6. The van der Waals surface area contributed by atoms with Crippen LogP contribution in [0.25, 0.3) is 5.57 Å². The zero-order valence-electron chi connectivity index (χ0n) is 24.9. The van der Waals surface area contributed by atoms with Gasteiger partial charge in [0, 0.05) is 25.4 Å². The minimum atomic E-state index is -0.132. The van der Waals surface area contributed by atoms with Crippen LogP contribution in [0, 0.1) is 30.5 Å². The first-order valence-electron chi connectivity index (χ1n) is 16.0. The maximum absolute atomic E-state index is 14.1. The molecule has 1 aromatic rings. The van der Waals surface area contributed by atoms with Gasteiger partial charge in [-0.1, -0.05) is 73.4 Å². The van der Waals surface area contributed by atoms with E-state index in [1.807, 2.05) is 30.8 Å². The molecular weight excluding hydrogens is 513 g/mol. The molecule has 0 bridgehead atoms. The third-order valence-corrected chi connectivity index (χ3v) is 10.9. The summed E-state index contributed by atoms with van der Waals surface area (Å²) in [6, 6.07) is 5.60. The standard InChI is InChI=1S/C36H48FNOS/c1-4-27-23-33(28-11-6-5-7-12-28)30(24-32(27)31-16-17-34(37)25(2)22-31)14-9-15-36(39)38-20-18-29-13-8-10-26(3)40-35(29)19-21-38/h10,16-17,22-24,27-28,30H,4-9,11-15,18-21H2,1-3H3. The van der Waals surface area contributed by atoms with E-state index in [1.165, 1.54) is 47.5 Å². The van der Waals surface area contributed by atoms with Gasteiger partial charge in [-0.2, -0.15) is 0 Å². The average molecular weight is 562 g/mol. The fraction of sp³-hybridized carbons (Fsp3) is 0.583. The quantitative estimate of drug-likeness (QED) is 0.309. The first kappa shape index (κ1) is 29.4. The van der Waals surface area contributed by atoms with Crippen molar-refractivity contribution in [1.29, 1.82) is 0 Å². The van der Waals surface area contributed by atoms with Gasteiger partial charge in [-0.25, -0.2) is 4.39 Å². The number of aryl methyl sites for hydroxylation is 1. The van der Waals surface area contributed by atoms with Crippen LogP contribution in [0.1, 0.15) is 108 Å². The SMILES string of the molecule is CCC1C=C(C2CCCCC2)C(CCCC(=O)N2CCC3=C(CC2)SC(C)=CCC3)C=C1c1ccc(F)c(C)c1. The molecule has 4 heteroatoms. The van der Waals surface area contributed by atoms with E-state index in [2.05, 4.69) is 37.0 Å². The number of halogens is 1. The van der Waals surface area contributed by atoms with Crippen molar-refractivity contribution in [2.45, 2.75) is 104 Å². The van der Waals surface area contributed by atoms with Gasteiger partial charge in [0.05, 0.1) is 0 Å². The average Bonchev–Trinajstić information content (AvgIpc) is 3.27. The van der Waals surface area contributed by atoms with Gasteiger partial charge >= 0.3 is 0 Å². The van der Waals surface area contributed by atoms with Crippen molar-refractivity contribution in [2.24, 2.45) is 17.8 Å². The van der Waals surface area contributed by atoms with Crippen LogP contribution >= 0.6 is 11.8 Å². The molecule has 2 aliphatic carbocycles. The highest BCUT2D eigenvalue weighted by Crippen LogP contribution is 2.44. The molecule has 2 nitrogen and oxygen atoms in total. The van der Waals surface area contributed by atoms with Crippen LogP contribution in [0.15, 0.2) is 57.4 Å². The molecule has 216 valence electrons. The molecule has 2 heterocycles. The fourth-order valence-electron chi connectivity index (χ4n) is 7.37. The van der Waals surface area contributed by atoms with Crippen molar-refractivity contribution in [3.05, 3.63) is 74.3 Å². The number of carbonyl (C=O) groups is 1. The first-order valence-corrected chi connectivity index (χ1v) is 16.8. The van der Waals surface area contributed by atoms with Gasteiger partial charge in [-0.15, -0.1) is 0 Å². The molecule has 1 saturated carbocycles. The molecule has 0 spiro atoms. The summed E-state index contributed by atoms with van der Waals surface area (Å²) in [5.41, 5.74) is 6.43. The van der Waals surface area contributed by atoms with Gasteiger partial charge in [0.25, 0.3) is 0 Å². The Bertz CT molecular complexity index is 1200.